The molecule has 0 fully saturated rings. The molecule has 3 aromatic carbocycles. The minimum Gasteiger partial charge on any atom is -0.507 e. The van der Waals surface area contributed by atoms with Crippen molar-refractivity contribution in [2.24, 2.45) is 0 Å². The molecule has 0 aliphatic carbocycles. The van der Waals surface area contributed by atoms with Crippen molar-refractivity contribution in [2.75, 3.05) is 26.4 Å². The molecule has 4 aromatic rings. The first-order chi connectivity index (χ1) is 39.6. The molecule has 0 amide bonds. The van der Waals surface area contributed by atoms with Crippen LogP contribution in [0.4, 0.5) is 0 Å². The first-order valence-corrected chi connectivity index (χ1v) is 29.7. The fraction of sp³-hybridized carbons (Fsp3) is 0.562. The van der Waals surface area contributed by atoms with Gasteiger partial charge in [0.1, 0.15) is 34.5 Å². The molecule has 0 saturated heterocycles. The van der Waals surface area contributed by atoms with Gasteiger partial charge in [0.05, 0.1) is 43.1 Å². The zero-order valence-corrected chi connectivity index (χ0v) is 49.8. The van der Waals surface area contributed by atoms with Crippen LogP contribution < -0.4 is 23.7 Å². The molecule has 0 spiro atoms. The smallest absolute Gasteiger partial charge is 0.347 e. The average Bonchev–Trinajstić information content (AvgIpc) is 3.46. The lowest BCUT2D eigenvalue weighted by atomic mass is 10.1. The number of rotatable bonds is 41. The Balaban J connectivity index is 1.82. The summed E-state index contributed by atoms with van der Waals surface area (Å²) in [6, 6.07) is 13.4. The molecule has 1 heterocycles. The van der Waals surface area contributed by atoms with Crippen LogP contribution in [0.3, 0.4) is 0 Å². The minimum absolute atomic E-state index is 0.0446. The van der Waals surface area contributed by atoms with E-state index < -0.39 is 54.3 Å². The SMILES string of the molecule is C=CC(=O)Oc1cc(OC(C)C(=O)OCCCCCCC)ccc1-c1nc(-c2ccc(OC(C)C(=O)OCCCCCCC)cc2O)nc(-c2ccc(OC(C)C(=O)OCCCCCCC)cc2OC(C)C(=O)OCCCCCCC)n1. The van der Waals surface area contributed by atoms with Crippen LogP contribution in [0.5, 0.6) is 34.5 Å². The van der Waals surface area contributed by atoms with Gasteiger partial charge in [-0.05, 0) is 89.8 Å². The van der Waals surface area contributed by atoms with Gasteiger partial charge in [-0.3, -0.25) is 0 Å². The monoisotopic (exact) mass is 1140 g/mol. The van der Waals surface area contributed by atoms with Crippen molar-refractivity contribution in [3.63, 3.8) is 0 Å². The number of esters is 5. The summed E-state index contributed by atoms with van der Waals surface area (Å²) in [5, 5.41) is 11.7. The van der Waals surface area contributed by atoms with E-state index in [1.54, 1.807) is 32.9 Å². The lowest BCUT2D eigenvalue weighted by molar-refractivity contribution is -0.152. The molecule has 0 aliphatic heterocycles. The van der Waals surface area contributed by atoms with Gasteiger partial charge in [0.25, 0.3) is 0 Å². The van der Waals surface area contributed by atoms with Crippen LogP contribution in [0.25, 0.3) is 34.2 Å². The van der Waals surface area contributed by atoms with Crippen molar-refractivity contribution in [3.05, 3.63) is 67.3 Å². The van der Waals surface area contributed by atoms with Gasteiger partial charge in [-0.25, -0.2) is 38.9 Å². The van der Waals surface area contributed by atoms with E-state index >= 15 is 0 Å². The number of phenols is 1. The number of unbranched alkanes of at least 4 members (excludes halogenated alkanes) is 16. The van der Waals surface area contributed by atoms with E-state index in [9.17, 15) is 29.1 Å². The molecular formula is C64H89N3O15. The van der Waals surface area contributed by atoms with Crippen molar-refractivity contribution in [1.29, 1.82) is 0 Å². The predicted octanol–water partition coefficient (Wildman–Crippen LogP) is 13.8. The molecule has 0 saturated carbocycles. The number of ether oxygens (including phenoxy) is 9. The van der Waals surface area contributed by atoms with Crippen LogP contribution >= 0.6 is 0 Å². The van der Waals surface area contributed by atoms with Crippen LogP contribution in [-0.2, 0) is 42.9 Å². The van der Waals surface area contributed by atoms with E-state index in [2.05, 4.69) is 34.3 Å². The summed E-state index contributed by atoms with van der Waals surface area (Å²) in [4.78, 5) is 80.0. The third-order valence-electron chi connectivity index (χ3n) is 13.1. The van der Waals surface area contributed by atoms with Gasteiger partial charge in [0.2, 0.25) is 0 Å². The number of phenolic OH excluding ortho intramolecular Hbond substituents is 1. The Morgan fingerprint density at radius 2 is 0.732 bits per heavy atom. The van der Waals surface area contributed by atoms with Gasteiger partial charge in [-0.15, -0.1) is 0 Å². The Hall–Kier alpha value is -7.24. The summed E-state index contributed by atoms with van der Waals surface area (Å²) in [6.45, 7) is 19.2. The van der Waals surface area contributed by atoms with Crippen molar-refractivity contribution < 1.29 is 71.7 Å². The van der Waals surface area contributed by atoms with E-state index in [0.717, 1.165) is 128 Å². The molecule has 0 aliphatic rings. The number of carbonyl (C=O) groups is 5. The molecule has 82 heavy (non-hydrogen) atoms. The molecule has 0 bridgehead atoms. The van der Waals surface area contributed by atoms with Gasteiger partial charge in [-0.2, -0.15) is 0 Å². The Morgan fingerprint density at radius 1 is 0.427 bits per heavy atom. The maximum Gasteiger partial charge on any atom is 0.347 e. The fourth-order valence-electron chi connectivity index (χ4n) is 8.34. The number of aromatic hydroxyl groups is 1. The maximum absolute atomic E-state index is 13.5. The molecule has 0 radical (unpaired) electrons. The zero-order chi connectivity index (χ0) is 59.7. The number of hydrogen-bond acceptors (Lipinski definition) is 18. The normalized spacial score (nSPS) is 12.5. The van der Waals surface area contributed by atoms with Gasteiger partial charge in [0.15, 0.2) is 41.9 Å². The third kappa shape index (κ3) is 23.7. The lowest BCUT2D eigenvalue weighted by Crippen LogP contribution is -2.27. The maximum atomic E-state index is 13.5. The van der Waals surface area contributed by atoms with Crippen LogP contribution in [0.2, 0.25) is 0 Å². The van der Waals surface area contributed by atoms with E-state index in [0.29, 0.717) is 6.42 Å². The predicted molar refractivity (Wildman–Crippen MR) is 313 cm³/mol. The summed E-state index contributed by atoms with van der Waals surface area (Å²) in [7, 11) is 0. The zero-order valence-electron chi connectivity index (χ0n) is 49.8. The van der Waals surface area contributed by atoms with Crippen molar-refractivity contribution in [1.82, 2.24) is 15.0 Å². The molecule has 1 aromatic heterocycles. The second-order valence-electron chi connectivity index (χ2n) is 20.3. The Bertz CT molecular complexity index is 2620. The summed E-state index contributed by atoms with van der Waals surface area (Å²) in [6.07, 6.45) is 16.3. The largest absolute Gasteiger partial charge is 0.507 e. The average molecular weight is 1140 g/mol. The van der Waals surface area contributed by atoms with Crippen molar-refractivity contribution in [3.8, 4) is 68.7 Å². The van der Waals surface area contributed by atoms with E-state index in [1.165, 1.54) is 49.4 Å². The topological polar surface area (TPSA) is 227 Å². The highest BCUT2D eigenvalue weighted by molar-refractivity contribution is 5.86. The van der Waals surface area contributed by atoms with Crippen LogP contribution in [0.15, 0.2) is 67.3 Å². The Labute approximate surface area is 485 Å². The highest BCUT2D eigenvalue weighted by Crippen LogP contribution is 2.39. The standard InChI is InChI=1S/C64H89N3O15/c1-10-15-19-23-27-37-74-61(70)44(6)78-48-31-34-51(54(68)41-48)58-65-59(67-60(66-58)53-36-33-50(43-56(53)82-57(69)14-5)80-46(8)63(72)76-39-29-25-21-17-12-3)52-35-32-49(79-45(7)62(71)75-38-28-24-20-16-11-2)42-55(52)81-47(9)64(73)77-40-30-26-22-18-13-4/h14,31-36,41-47,68H,5,10-13,15-30,37-40H2,1-4,6-9H3. The highest BCUT2D eigenvalue weighted by Gasteiger charge is 2.27. The first kappa shape index (κ1) is 67.3. The quantitative estimate of drug-likeness (QED) is 0.0143. The number of benzene rings is 3. The van der Waals surface area contributed by atoms with Gasteiger partial charge in [0, 0.05) is 24.3 Å². The van der Waals surface area contributed by atoms with Crippen LogP contribution in [-0.4, -0.2) is 101 Å². The summed E-state index contributed by atoms with van der Waals surface area (Å²) >= 11 is 0. The third-order valence-corrected chi connectivity index (χ3v) is 13.1. The van der Waals surface area contributed by atoms with E-state index in [-0.39, 0.29) is 95.1 Å². The van der Waals surface area contributed by atoms with E-state index in [4.69, 9.17) is 57.6 Å². The molecule has 18 heteroatoms. The lowest BCUT2D eigenvalue weighted by Gasteiger charge is -2.20. The second-order valence-corrected chi connectivity index (χ2v) is 20.3. The van der Waals surface area contributed by atoms with Gasteiger partial charge < -0.3 is 47.7 Å². The Kier molecular flexibility index (Phi) is 30.9. The summed E-state index contributed by atoms with van der Waals surface area (Å²) < 4.78 is 52.3. The molecule has 18 nitrogen and oxygen atoms in total. The summed E-state index contributed by atoms with van der Waals surface area (Å²) in [5.41, 5.74) is 0.443. The minimum atomic E-state index is -1.16. The first-order valence-electron chi connectivity index (χ1n) is 29.7. The molecular weight excluding hydrogens is 1050 g/mol. The van der Waals surface area contributed by atoms with Crippen molar-refractivity contribution in [2.45, 2.75) is 208 Å². The molecule has 4 rings (SSSR count). The molecule has 4 atom stereocenters. The second kappa shape index (κ2) is 37.7. The van der Waals surface area contributed by atoms with Crippen molar-refractivity contribution >= 4 is 29.8 Å². The van der Waals surface area contributed by atoms with E-state index in [1.807, 2.05) is 0 Å². The fourth-order valence-corrected chi connectivity index (χ4v) is 8.34. The van der Waals surface area contributed by atoms with Gasteiger partial charge >= 0.3 is 29.8 Å². The number of carbonyl (C=O) groups excluding carboxylic acids is 5. The highest BCUT2D eigenvalue weighted by atomic mass is 16.6. The van der Waals surface area contributed by atoms with Gasteiger partial charge in [-0.1, -0.05) is 137 Å². The Morgan fingerprint density at radius 3 is 1.09 bits per heavy atom. The molecule has 450 valence electrons. The summed E-state index contributed by atoms with van der Waals surface area (Å²) in [5.74, 6) is -3.25. The van der Waals surface area contributed by atoms with Crippen LogP contribution in [0, 0.1) is 0 Å². The number of aromatic nitrogens is 3. The molecule has 1 N–H and O–H groups in total. The number of nitrogens with zero attached hydrogens (tertiary/aromatic N) is 3. The number of hydrogen-bond donors (Lipinski definition) is 1. The van der Waals surface area contributed by atoms with Crippen LogP contribution in [0.1, 0.15) is 184 Å². The molecule has 4 unspecified atom stereocenters.